The van der Waals surface area contributed by atoms with Crippen LogP contribution >= 0.6 is 11.6 Å². The molecule has 1 atom stereocenters. The lowest BCUT2D eigenvalue weighted by molar-refractivity contribution is 0.732. The minimum absolute atomic E-state index is 0.227. The number of hydrogen-bond acceptors (Lipinski definition) is 6. The summed E-state index contributed by atoms with van der Waals surface area (Å²) in [6.07, 6.45) is 3.00. The number of rotatable bonds is 4. The van der Waals surface area contributed by atoms with Crippen molar-refractivity contribution in [1.29, 1.82) is 0 Å². The Kier molecular flexibility index (Phi) is 4.40. The highest BCUT2D eigenvalue weighted by Gasteiger charge is 2.20. The van der Waals surface area contributed by atoms with Crippen LogP contribution in [0.15, 0.2) is 66.0 Å². The summed E-state index contributed by atoms with van der Waals surface area (Å²) in [5, 5.41) is 4.08. The lowest BCUT2D eigenvalue weighted by Crippen LogP contribution is -2.27. The first-order valence-electron chi connectivity index (χ1n) is 9.30. The van der Waals surface area contributed by atoms with Crippen molar-refractivity contribution < 1.29 is 0 Å². The summed E-state index contributed by atoms with van der Waals surface area (Å²) in [4.78, 5) is 33.9. The molecule has 0 saturated carbocycles. The molecule has 0 aliphatic heterocycles. The van der Waals surface area contributed by atoms with Crippen LogP contribution in [-0.2, 0) is 0 Å². The van der Waals surface area contributed by atoms with E-state index in [9.17, 15) is 4.79 Å². The largest absolute Gasteiger partial charge is 0.358 e. The number of halogens is 1. The third-order valence-electron chi connectivity index (χ3n) is 4.85. The molecule has 3 aromatic heterocycles. The van der Waals surface area contributed by atoms with Gasteiger partial charge in [0.25, 0.3) is 5.56 Å². The van der Waals surface area contributed by atoms with Gasteiger partial charge >= 0.3 is 0 Å². The normalized spacial score (nSPS) is 12.3. The van der Waals surface area contributed by atoms with Crippen LogP contribution in [0.1, 0.15) is 18.8 Å². The van der Waals surface area contributed by atoms with E-state index in [0.29, 0.717) is 44.4 Å². The maximum absolute atomic E-state index is 13.5. The lowest BCUT2D eigenvalue weighted by Gasteiger charge is -2.20. The minimum Gasteiger partial charge on any atom is -0.358 e. The third kappa shape index (κ3) is 2.98. The summed E-state index contributed by atoms with van der Waals surface area (Å²) in [7, 11) is 0. The Morgan fingerprint density at radius 3 is 2.73 bits per heavy atom. The summed E-state index contributed by atoms with van der Waals surface area (Å²) in [5.41, 5.74) is 2.25. The van der Waals surface area contributed by atoms with E-state index >= 15 is 0 Å². The molecular weight excluding hydrogens is 402 g/mol. The average molecular weight is 418 g/mol. The molecule has 0 unspecified atom stereocenters. The summed E-state index contributed by atoms with van der Waals surface area (Å²) < 4.78 is 1.58. The monoisotopic (exact) mass is 417 g/mol. The first-order chi connectivity index (χ1) is 14.6. The molecule has 148 valence electrons. The van der Waals surface area contributed by atoms with Crippen LogP contribution in [-0.4, -0.2) is 29.5 Å². The van der Waals surface area contributed by atoms with Crippen molar-refractivity contribution in [2.75, 3.05) is 5.32 Å². The van der Waals surface area contributed by atoms with Crippen molar-refractivity contribution in [3.63, 3.8) is 0 Å². The fourth-order valence-electron chi connectivity index (χ4n) is 3.47. The Morgan fingerprint density at radius 2 is 1.90 bits per heavy atom. The summed E-state index contributed by atoms with van der Waals surface area (Å²) >= 11 is 6.34. The van der Waals surface area contributed by atoms with Gasteiger partial charge in [-0.2, -0.15) is 0 Å². The summed E-state index contributed by atoms with van der Waals surface area (Å²) in [6.45, 7) is 1.92. The molecule has 0 bridgehead atoms. The summed E-state index contributed by atoms with van der Waals surface area (Å²) in [6, 6.07) is 14.3. The zero-order valence-electron chi connectivity index (χ0n) is 15.9. The smallest absolute Gasteiger partial charge is 0.267 e. The predicted octanol–water partition coefficient (Wildman–Crippen LogP) is 3.88. The molecule has 0 amide bonds. The van der Waals surface area contributed by atoms with E-state index in [0.717, 1.165) is 0 Å². The Balaban J connectivity index is 1.71. The number of nitrogens with zero attached hydrogens (tertiary/aromatic N) is 5. The molecule has 0 saturated heterocycles. The fourth-order valence-corrected chi connectivity index (χ4v) is 3.72. The van der Waals surface area contributed by atoms with E-state index < -0.39 is 0 Å². The Morgan fingerprint density at radius 1 is 1.07 bits per heavy atom. The van der Waals surface area contributed by atoms with Gasteiger partial charge in [-0.05, 0) is 31.2 Å². The predicted molar refractivity (Wildman–Crippen MR) is 116 cm³/mol. The van der Waals surface area contributed by atoms with Crippen LogP contribution in [0.3, 0.4) is 0 Å². The van der Waals surface area contributed by atoms with Gasteiger partial charge in [-0.15, -0.1) is 0 Å². The van der Waals surface area contributed by atoms with Crippen LogP contribution in [0.2, 0.25) is 5.02 Å². The van der Waals surface area contributed by atoms with E-state index in [1.54, 1.807) is 29.1 Å². The van der Waals surface area contributed by atoms with Gasteiger partial charge in [0, 0.05) is 0 Å². The molecule has 8 nitrogen and oxygen atoms in total. The molecule has 3 heterocycles. The molecular formula is C21H16ClN7O. The van der Waals surface area contributed by atoms with Gasteiger partial charge in [0.05, 0.1) is 34.0 Å². The van der Waals surface area contributed by atoms with Crippen molar-refractivity contribution in [1.82, 2.24) is 29.5 Å². The number of H-pyrrole nitrogens is 1. The Bertz CT molecular complexity index is 1430. The number of aromatic amines is 1. The van der Waals surface area contributed by atoms with Crippen molar-refractivity contribution >= 4 is 39.5 Å². The SMILES string of the molecule is C[C@@H](Nc1ncnc2nc[nH]c12)c1nc2cccc(Cl)c2c(=O)n1-c1ccccc1. The zero-order valence-corrected chi connectivity index (χ0v) is 16.6. The number of hydrogen-bond donors (Lipinski definition) is 2. The van der Waals surface area contributed by atoms with E-state index in [1.807, 2.05) is 37.3 Å². The molecule has 0 spiro atoms. The molecule has 2 N–H and O–H groups in total. The number of para-hydroxylation sites is 1. The summed E-state index contributed by atoms with van der Waals surface area (Å²) in [5.74, 6) is 1.11. The number of fused-ring (bicyclic) bond motifs is 2. The minimum atomic E-state index is -0.359. The van der Waals surface area contributed by atoms with Crippen LogP contribution in [0.25, 0.3) is 27.8 Å². The van der Waals surface area contributed by atoms with Gasteiger partial charge in [0.2, 0.25) is 0 Å². The van der Waals surface area contributed by atoms with E-state index in [-0.39, 0.29) is 11.6 Å². The van der Waals surface area contributed by atoms with Crippen LogP contribution in [0.4, 0.5) is 5.82 Å². The molecule has 5 rings (SSSR count). The number of anilines is 1. The van der Waals surface area contributed by atoms with E-state index in [2.05, 4.69) is 25.3 Å². The zero-order chi connectivity index (χ0) is 20.7. The fraction of sp³-hybridized carbons (Fsp3) is 0.0952. The highest BCUT2D eigenvalue weighted by Crippen LogP contribution is 2.25. The van der Waals surface area contributed by atoms with Crippen molar-refractivity contribution in [3.8, 4) is 5.69 Å². The van der Waals surface area contributed by atoms with Gasteiger partial charge in [-0.25, -0.2) is 19.9 Å². The van der Waals surface area contributed by atoms with Gasteiger partial charge < -0.3 is 10.3 Å². The van der Waals surface area contributed by atoms with E-state index in [1.165, 1.54) is 6.33 Å². The molecule has 9 heteroatoms. The number of imidazole rings is 1. The van der Waals surface area contributed by atoms with Gasteiger partial charge in [0.15, 0.2) is 11.5 Å². The van der Waals surface area contributed by atoms with Crippen LogP contribution in [0, 0.1) is 0 Å². The molecule has 30 heavy (non-hydrogen) atoms. The van der Waals surface area contributed by atoms with Crippen LogP contribution < -0.4 is 10.9 Å². The molecule has 0 aliphatic carbocycles. The second kappa shape index (κ2) is 7.23. The topological polar surface area (TPSA) is 101 Å². The lowest BCUT2D eigenvalue weighted by atomic mass is 10.2. The Labute approximate surface area is 175 Å². The second-order valence-corrected chi connectivity index (χ2v) is 7.18. The van der Waals surface area contributed by atoms with Gasteiger partial charge in [-0.3, -0.25) is 9.36 Å². The Hall–Kier alpha value is -3.78. The number of benzene rings is 2. The third-order valence-corrected chi connectivity index (χ3v) is 5.17. The average Bonchev–Trinajstić information content (AvgIpc) is 3.24. The molecule has 0 radical (unpaired) electrons. The van der Waals surface area contributed by atoms with E-state index in [4.69, 9.17) is 16.6 Å². The maximum Gasteiger partial charge on any atom is 0.267 e. The van der Waals surface area contributed by atoms with Crippen molar-refractivity contribution in [2.24, 2.45) is 0 Å². The molecule has 0 fully saturated rings. The quantitative estimate of drug-likeness (QED) is 0.460. The van der Waals surface area contributed by atoms with Gasteiger partial charge in [0.1, 0.15) is 17.7 Å². The first-order valence-corrected chi connectivity index (χ1v) is 9.68. The molecule has 5 aromatic rings. The first kappa shape index (κ1) is 18.3. The highest BCUT2D eigenvalue weighted by molar-refractivity contribution is 6.35. The van der Waals surface area contributed by atoms with Crippen molar-refractivity contribution in [2.45, 2.75) is 13.0 Å². The molecule has 2 aromatic carbocycles. The number of nitrogens with one attached hydrogen (secondary N) is 2. The maximum atomic E-state index is 13.5. The highest BCUT2D eigenvalue weighted by atomic mass is 35.5. The van der Waals surface area contributed by atoms with Gasteiger partial charge in [-0.1, -0.05) is 35.9 Å². The molecule has 0 aliphatic rings. The standard InChI is InChI=1S/C21H16ClN7O/c1-12(27-19-17-18(24-10-23-17)25-11-26-19)20-28-15-9-5-8-14(22)16(15)21(30)29(20)13-6-3-2-4-7-13/h2-12H,1H3,(H2,23,24,25,26,27)/t12-/m1/s1. The number of aromatic nitrogens is 6. The van der Waals surface area contributed by atoms with Crippen LogP contribution in [0.5, 0.6) is 0 Å². The van der Waals surface area contributed by atoms with Crippen molar-refractivity contribution in [3.05, 3.63) is 82.4 Å². The second-order valence-electron chi connectivity index (χ2n) is 6.77.